The molecule has 0 aliphatic heterocycles. The standard InChI is InChI=1S/C22H29FN2O4S/c1-4-21(22(26)24-16-6-7-17-8-10-18(23)11-9-17)25(30(3,27)28)19-12-14-20(15-13-19)29-5-2/h8-15,21H,4-7,16H2,1-3H3,(H,24,26)/t21-/m0/s1. The molecule has 0 saturated heterocycles. The number of carbonyl (C=O) groups excluding carboxylic acids is 1. The molecule has 2 aromatic carbocycles. The fourth-order valence-electron chi connectivity index (χ4n) is 3.19. The first-order chi connectivity index (χ1) is 14.3. The van der Waals surface area contributed by atoms with Gasteiger partial charge >= 0.3 is 0 Å². The van der Waals surface area contributed by atoms with Gasteiger partial charge in [0, 0.05) is 6.54 Å². The number of anilines is 1. The third-order valence-corrected chi connectivity index (χ3v) is 5.77. The lowest BCUT2D eigenvalue weighted by molar-refractivity contribution is -0.122. The number of benzene rings is 2. The maximum Gasteiger partial charge on any atom is 0.243 e. The number of ether oxygens (including phenoxy) is 1. The first kappa shape index (κ1) is 23.7. The van der Waals surface area contributed by atoms with Crippen LogP contribution in [0, 0.1) is 5.82 Å². The molecule has 0 spiro atoms. The van der Waals surface area contributed by atoms with Gasteiger partial charge in [-0.3, -0.25) is 9.10 Å². The van der Waals surface area contributed by atoms with E-state index in [1.165, 1.54) is 12.1 Å². The van der Waals surface area contributed by atoms with Gasteiger partial charge in [-0.15, -0.1) is 0 Å². The molecule has 0 aliphatic rings. The minimum atomic E-state index is -3.68. The van der Waals surface area contributed by atoms with Crippen molar-refractivity contribution in [1.29, 1.82) is 0 Å². The second-order valence-corrected chi connectivity index (χ2v) is 8.79. The van der Waals surface area contributed by atoms with E-state index in [9.17, 15) is 17.6 Å². The molecule has 0 aliphatic carbocycles. The van der Waals surface area contributed by atoms with Crippen molar-refractivity contribution in [2.45, 2.75) is 39.2 Å². The predicted octanol–water partition coefficient (Wildman–Crippen LogP) is 3.52. The van der Waals surface area contributed by atoms with Crippen LogP contribution in [0.1, 0.15) is 32.3 Å². The quantitative estimate of drug-likeness (QED) is 0.547. The molecule has 0 bridgehead atoms. The Balaban J connectivity index is 2.04. The average molecular weight is 437 g/mol. The molecular weight excluding hydrogens is 407 g/mol. The first-order valence-corrected chi connectivity index (χ1v) is 11.9. The third kappa shape index (κ3) is 6.73. The molecule has 30 heavy (non-hydrogen) atoms. The molecule has 8 heteroatoms. The van der Waals surface area contributed by atoms with Crippen molar-refractivity contribution in [2.24, 2.45) is 0 Å². The zero-order chi connectivity index (χ0) is 22.1. The molecule has 0 heterocycles. The zero-order valence-electron chi connectivity index (χ0n) is 17.6. The van der Waals surface area contributed by atoms with Crippen molar-refractivity contribution < 1.29 is 22.3 Å². The Hall–Kier alpha value is -2.61. The minimum Gasteiger partial charge on any atom is -0.494 e. The van der Waals surface area contributed by atoms with E-state index in [0.29, 0.717) is 43.9 Å². The number of nitrogens with zero attached hydrogens (tertiary/aromatic N) is 1. The largest absolute Gasteiger partial charge is 0.494 e. The number of hydrogen-bond donors (Lipinski definition) is 1. The van der Waals surface area contributed by atoms with Crippen LogP contribution in [-0.4, -0.2) is 39.8 Å². The molecule has 6 nitrogen and oxygen atoms in total. The number of nitrogens with one attached hydrogen (secondary N) is 1. The fourth-order valence-corrected chi connectivity index (χ4v) is 4.40. The van der Waals surface area contributed by atoms with Crippen LogP contribution in [0.4, 0.5) is 10.1 Å². The fraction of sp³-hybridized carbons (Fsp3) is 0.409. The molecule has 0 aromatic heterocycles. The second-order valence-electron chi connectivity index (χ2n) is 6.93. The SMILES string of the molecule is CCOc1ccc(N([C@@H](CC)C(=O)NCCCc2ccc(F)cc2)S(C)(=O)=O)cc1. The van der Waals surface area contributed by atoms with Crippen molar-refractivity contribution in [3.63, 3.8) is 0 Å². The first-order valence-electron chi connectivity index (χ1n) is 10.0. The van der Waals surface area contributed by atoms with Crippen LogP contribution >= 0.6 is 0 Å². The number of sulfonamides is 1. The van der Waals surface area contributed by atoms with Gasteiger partial charge in [0.05, 0.1) is 18.6 Å². The van der Waals surface area contributed by atoms with Gasteiger partial charge < -0.3 is 10.1 Å². The predicted molar refractivity (Wildman–Crippen MR) is 117 cm³/mol. The highest BCUT2D eigenvalue weighted by Gasteiger charge is 2.31. The van der Waals surface area contributed by atoms with Crippen LogP contribution in [-0.2, 0) is 21.2 Å². The van der Waals surface area contributed by atoms with Crippen molar-refractivity contribution in [2.75, 3.05) is 23.7 Å². The van der Waals surface area contributed by atoms with E-state index in [2.05, 4.69) is 5.32 Å². The van der Waals surface area contributed by atoms with Gasteiger partial charge in [-0.1, -0.05) is 19.1 Å². The summed E-state index contributed by atoms with van der Waals surface area (Å²) in [7, 11) is -3.68. The summed E-state index contributed by atoms with van der Waals surface area (Å²) >= 11 is 0. The summed E-state index contributed by atoms with van der Waals surface area (Å²) in [5, 5.41) is 2.83. The van der Waals surface area contributed by atoms with Crippen LogP contribution in [0.15, 0.2) is 48.5 Å². The second kappa shape index (κ2) is 11.0. The molecule has 0 radical (unpaired) electrons. The van der Waals surface area contributed by atoms with Crippen LogP contribution in [0.25, 0.3) is 0 Å². The van der Waals surface area contributed by atoms with Gasteiger partial charge in [0.1, 0.15) is 17.6 Å². The van der Waals surface area contributed by atoms with E-state index >= 15 is 0 Å². The van der Waals surface area contributed by atoms with Gasteiger partial charge in [0.2, 0.25) is 15.9 Å². The van der Waals surface area contributed by atoms with E-state index in [0.717, 1.165) is 16.1 Å². The van der Waals surface area contributed by atoms with Crippen molar-refractivity contribution in [1.82, 2.24) is 5.32 Å². The van der Waals surface area contributed by atoms with Gasteiger partial charge in [0.15, 0.2) is 0 Å². The lowest BCUT2D eigenvalue weighted by Crippen LogP contribution is -2.49. The summed E-state index contributed by atoms with van der Waals surface area (Å²) in [6.45, 7) is 4.54. The molecule has 1 N–H and O–H groups in total. The van der Waals surface area contributed by atoms with E-state index in [1.54, 1.807) is 43.3 Å². The Labute approximate surface area is 178 Å². The van der Waals surface area contributed by atoms with Gasteiger partial charge in [-0.05, 0) is 68.1 Å². The van der Waals surface area contributed by atoms with Gasteiger partial charge in [-0.25, -0.2) is 12.8 Å². The molecule has 0 saturated carbocycles. The summed E-state index contributed by atoms with van der Waals surface area (Å²) in [4.78, 5) is 12.8. The third-order valence-electron chi connectivity index (χ3n) is 4.59. The monoisotopic (exact) mass is 436 g/mol. The summed E-state index contributed by atoms with van der Waals surface area (Å²) < 4.78 is 44.5. The van der Waals surface area contributed by atoms with Crippen molar-refractivity contribution in [3.8, 4) is 5.75 Å². The van der Waals surface area contributed by atoms with Crippen LogP contribution in [0.2, 0.25) is 0 Å². The van der Waals surface area contributed by atoms with Crippen LogP contribution < -0.4 is 14.4 Å². The molecule has 1 atom stereocenters. The van der Waals surface area contributed by atoms with E-state index < -0.39 is 16.1 Å². The average Bonchev–Trinajstić information content (AvgIpc) is 2.70. The number of halogens is 1. The molecule has 164 valence electrons. The summed E-state index contributed by atoms with van der Waals surface area (Å²) in [6.07, 6.45) is 2.76. The Bertz CT molecular complexity index is 915. The number of carbonyl (C=O) groups is 1. The number of hydrogen-bond acceptors (Lipinski definition) is 4. The lowest BCUT2D eigenvalue weighted by atomic mass is 10.1. The van der Waals surface area contributed by atoms with Gasteiger partial charge in [-0.2, -0.15) is 0 Å². The molecule has 1 amide bonds. The highest BCUT2D eigenvalue weighted by atomic mass is 32.2. The summed E-state index contributed by atoms with van der Waals surface area (Å²) in [5.74, 6) is -0.00286. The van der Waals surface area contributed by atoms with Crippen LogP contribution in [0.3, 0.4) is 0 Å². The Kier molecular flexibility index (Phi) is 8.65. The molecule has 0 fully saturated rings. The van der Waals surface area contributed by atoms with Crippen molar-refractivity contribution >= 4 is 21.6 Å². The van der Waals surface area contributed by atoms with E-state index in [1.807, 2.05) is 6.92 Å². The highest BCUT2D eigenvalue weighted by Crippen LogP contribution is 2.25. The number of amides is 1. The summed E-state index contributed by atoms with van der Waals surface area (Å²) in [6, 6.07) is 12.0. The summed E-state index contributed by atoms with van der Waals surface area (Å²) in [5.41, 5.74) is 1.39. The lowest BCUT2D eigenvalue weighted by Gasteiger charge is -2.30. The van der Waals surface area contributed by atoms with Crippen LogP contribution in [0.5, 0.6) is 5.75 Å². The topological polar surface area (TPSA) is 75.7 Å². The smallest absolute Gasteiger partial charge is 0.243 e. The molecule has 0 unspecified atom stereocenters. The van der Waals surface area contributed by atoms with Crippen molar-refractivity contribution in [3.05, 3.63) is 59.9 Å². The number of rotatable bonds is 11. The highest BCUT2D eigenvalue weighted by molar-refractivity contribution is 7.92. The molecule has 2 rings (SSSR count). The molecule has 2 aromatic rings. The zero-order valence-corrected chi connectivity index (χ0v) is 18.4. The Morgan fingerprint density at radius 2 is 1.73 bits per heavy atom. The molecular formula is C22H29FN2O4S. The van der Waals surface area contributed by atoms with E-state index in [-0.39, 0.29) is 11.7 Å². The maximum atomic E-state index is 13.0. The normalized spacial score (nSPS) is 12.3. The van der Waals surface area contributed by atoms with E-state index in [4.69, 9.17) is 4.74 Å². The minimum absolute atomic E-state index is 0.284. The number of aryl methyl sites for hydroxylation is 1. The Morgan fingerprint density at radius 3 is 2.27 bits per heavy atom. The van der Waals surface area contributed by atoms with Gasteiger partial charge in [0.25, 0.3) is 0 Å². The maximum absolute atomic E-state index is 13.0. The Morgan fingerprint density at radius 1 is 1.10 bits per heavy atom.